The van der Waals surface area contributed by atoms with Gasteiger partial charge < -0.3 is 11.1 Å². The Kier molecular flexibility index (Phi) is 2.95. The van der Waals surface area contributed by atoms with Crippen LogP contribution in [-0.4, -0.2) is 0 Å². The van der Waals surface area contributed by atoms with Crippen molar-refractivity contribution in [1.29, 1.82) is 0 Å². The Morgan fingerprint density at radius 2 is 1.82 bits per heavy atom. The first-order valence-corrected chi connectivity index (χ1v) is 5.14. The predicted molar refractivity (Wildman–Crippen MR) is 65.2 cm³/mol. The third kappa shape index (κ3) is 2.72. The molecule has 0 aliphatic rings. The summed E-state index contributed by atoms with van der Waals surface area (Å²) in [4.78, 5) is 0. The molecule has 2 nitrogen and oxygen atoms in total. The summed E-state index contributed by atoms with van der Waals surface area (Å²) in [5.74, 6) is -0.999. The van der Waals surface area contributed by atoms with E-state index in [1.807, 2.05) is 6.92 Å². The van der Waals surface area contributed by atoms with Crippen molar-refractivity contribution in [3.8, 4) is 0 Å². The van der Waals surface area contributed by atoms with E-state index in [1.54, 1.807) is 18.2 Å². The average molecular weight is 234 g/mol. The lowest BCUT2D eigenvalue weighted by molar-refractivity contribution is 0.603. The van der Waals surface area contributed by atoms with Gasteiger partial charge in [-0.05, 0) is 42.8 Å². The molecule has 0 unspecified atom stereocenters. The summed E-state index contributed by atoms with van der Waals surface area (Å²) >= 11 is 0. The molecule has 0 aromatic heterocycles. The van der Waals surface area contributed by atoms with Crippen LogP contribution in [0.4, 0.5) is 25.8 Å². The number of rotatable bonds is 2. The van der Waals surface area contributed by atoms with Crippen molar-refractivity contribution in [1.82, 2.24) is 0 Å². The Labute approximate surface area is 98.1 Å². The standard InChI is InChI=1S/C13H12F2N2/c1-8-4-10(16)7-11(5-8)17-13-6-9(14)2-3-12(13)15/h2-7,17H,16H2,1H3. The maximum Gasteiger partial charge on any atom is 0.146 e. The first-order valence-electron chi connectivity index (χ1n) is 5.14. The lowest BCUT2D eigenvalue weighted by Crippen LogP contribution is -1.96. The van der Waals surface area contributed by atoms with Crippen molar-refractivity contribution in [2.75, 3.05) is 11.1 Å². The number of nitrogen functional groups attached to an aromatic ring is 1. The second-order valence-electron chi connectivity index (χ2n) is 3.88. The van der Waals surface area contributed by atoms with E-state index in [0.717, 1.165) is 23.8 Å². The number of nitrogens with one attached hydrogen (secondary N) is 1. The molecule has 0 radical (unpaired) electrons. The number of halogens is 2. The predicted octanol–water partition coefficient (Wildman–Crippen LogP) is 3.60. The van der Waals surface area contributed by atoms with Crippen LogP contribution in [0.3, 0.4) is 0 Å². The molecule has 0 fully saturated rings. The van der Waals surface area contributed by atoms with E-state index in [4.69, 9.17) is 5.73 Å². The lowest BCUT2D eigenvalue weighted by Gasteiger charge is -2.09. The lowest BCUT2D eigenvalue weighted by atomic mass is 10.2. The molecule has 0 spiro atoms. The molecule has 0 saturated carbocycles. The number of hydrogen-bond donors (Lipinski definition) is 2. The Bertz CT molecular complexity index is 533. The Morgan fingerprint density at radius 1 is 1.06 bits per heavy atom. The molecule has 0 bridgehead atoms. The molecule has 88 valence electrons. The van der Waals surface area contributed by atoms with Gasteiger partial charge in [0, 0.05) is 17.4 Å². The van der Waals surface area contributed by atoms with Crippen LogP contribution in [0.15, 0.2) is 36.4 Å². The Morgan fingerprint density at radius 3 is 2.53 bits per heavy atom. The van der Waals surface area contributed by atoms with Crippen molar-refractivity contribution in [3.63, 3.8) is 0 Å². The average Bonchev–Trinajstić information content (AvgIpc) is 2.22. The van der Waals surface area contributed by atoms with Gasteiger partial charge in [0.25, 0.3) is 0 Å². The number of nitrogens with two attached hydrogens (primary N) is 1. The van der Waals surface area contributed by atoms with Gasteiger partial charge in [0.15, 0.2) is 0 Å². The van der Waals surface area contributed by atoms with E-state index in [2.05, 4.69) is 5.32 Å². The van der Waals surface area contributed by atoms with Gasteiger partial charge in [-0.3, -0.25) is 0 Å². The zero-order valence-corrected chi connectivity index (χ0v) is 9.30. The largest absolute Gasteiger partial charge is 0.399 e. The second-order valence-corrected chi connectivity index (χ2v) is 3.88. The first kappa shape index (κ1) is 11.4. The van der Waals surface area contributed by atoms with E-state index in [9.17, 15) is 8.78 Å². The maximum atomic E-state index is 13.4. The minimum atomic E-state index is -0.508. The molecule has 4 heteroatoms. The van der Waals surface area contributed by atoms with Crippen LogP contribution in [0.1, 0.15) is 5.56 Å². The fourth-order valence-electron chi connectivity index (χ4n) is 1.63. The first-order chi connectivity index (χ1) is 8.04. The molecule has 2 rings (SSSR count). The number of aryl methyl sites for hydroxylation is 1. The highest BCUT2D eigenvalue weighted by Crippen LogP contribution is 2.23. The quantitative estimate of drug-likeness (QED) is 0.779. The van der Waals surface area contributed by atoms with Gasteiger partial charge in [-0.2, -0.15) is 0 Å². The fourth-order valence-corrected chi connectivity index (χ4v) is 1.63. The van der Waals surface area contributed by atoms with Crippen LogP contribution >= 0.6 is 0 Å². The smallest absolute Gasteiger partial charge is 0.146 e. The summed E-state index contributed by atoms with van der Waals surface area (Å²) in [6.07, 6.45) is 0. The topological polar surface area (TPSA) is 38.0 Å². The van der Waals surface area contributed by atoms with Crippen LogP contribution in [0.2, 0.25) is 0 Å². The van der Waals surface area contributed by atoms with Crippen molar-refractivity contribution >= 4 is 17.1 Å². The van der Waals surface area contributed by atoms with Gasteiger partial charge in [0.2, 0.25) is 0 Å². The minimum absolute atomic E-state index is 0.0926. The summed E-state index contributed by atoms with van der Waals surface area (Å²) in [5.41, 5.74) is 7.92. The Hall–Kier alpha value is -2.10. The molecule has 0 aliphatic heterocycles. The van der Waals surface area contributed by atoms with Crippen LogP contribution in [0.5, 0.6) is 0 Å². The zero-order valence-electron chi connectivity index (χ0n) is 9.30. The van der Waals surface area contributed by atoms with Crippen molar-refractivity contribution in [2.45, 2.75) is 6.92 Å². The zero-order chi connectivity index (χ0) is 12.4. The van der Waals surface area contributed by atoms with Crippen LogP contribution < -0.4 is 11.1 Å². The molecule has 2 aromatic carbocycles. The van der Waals surface area contributed by atoms with Gasteiger partial charge in [0.1, 0.15) is 11.6 Å². The van der Waals surface area contributed by atoms with E-state index in [1.165, 1.54) is 0 Å². The van der Waals surface area contributed by atoms with Crippen molar-refractivity contribution in [2.24, 2.45) is 0 Å². The molecular weight excluding hydrogens is 222 g/mol. The highest BCUT2D eigenvalue weighted by atomic mass is 19.1. The van der Waals surface area contributed by atoms with E-state index in [-0.39, 0.29) is 5.69 Å². The minimum Gasteiger partial charge on any atom is -0.399 e. The highest BCUT2D eigenvalue weighted by molar-refractivity contribution is 5.65. The molecule has 0 heterocycles. The molecule has 2 aromatic rings. The summed E-state index contributed by atoms with van der Waals surface area (Å²) in [6.45, 7) is 1.88. The van der Waals surface area contributed by atoms with Gasteiger partial charge in [-0.15, -0.1) is 0 Å². The molecule has 0 atom stereocenters. The summed E-state index contributed by atoms with van der Waals surface area (Å²) < 4.78 is 26.4. The molecule has 17 heavy (non-hydrogen) atoms. The summed E-state index contributed by atoms with van der Waals surface area (Å²) in [7, 11) is 0. The highest BCUT2D eigenvalue weighted by Gasteiger charge is 2.04. The van der Waals surface area contributed by atoms with Crippen molar-refractivity contribution in [3.05, 3.63) is 53.6 Å². The second kappa shape index (κ2) is 4.41. The molecule has 0 aliphatic carbocycles. The van der Waals surface area contributed by atoms with Crippen LogP contribution in [-0.2, 0) is 0 Å². The van der Waals surface area contributed by atoms with E-state index >= 15 is 0 Å². The van der Waals surface area contributed by atoms with Gasteiger partial charge in [-0.25, -0.2) is 8.78 Å². The summed E-state index contributed by atoms with van der Waals surface area (Å²) in [6, 6.07) is 8.53. The third-order valence-electron chi connectivity index (χ3n) is 2.31. The normalized spacial score (nSPS) is 10.3. The van der Waals surface area contributed by atoms with Gasteiger partial charge >= 0.3 is 0 Å². The van der Waals surface area contributed by atoms with Gasteiger partial charge in [-0.1, -0.05) is 0 Å². The number of anilines is 3. The molecular formula is C13H12F2N2. The van der Waals surface area contributed by atoms with Crippen LogP contribution in [0, 0.1) is 18.6 Å². The molecule has 0 amide bonds. The third-order valence-corrected chi connectivity index (χ3v) is 2.31. The number of hydrogen-bond acceptors (Lipinski definition) is 2. The maximum absolute atomic E-state index is 13.4. The molecule has 3 N–H and O–H groups in total. The Balaban J connectivity index is 2.34. The SMILES string of the molecule is Cc1cc(N)cc(Nc2cc(F)ccc2F)c1. The molecule has 0 saturated heterocycles. The monoisotopic (exact) mass is 234 g/mol. The summed E-state index contributed by atoms with van der Waals surface area (Å²) in [5, 5.41) is 2.80. The van der Waals surface area contributed by atoms with Crippen LogP contribution in [0.25, 0.3) is 0 Å². The van der Waals surface area contributed by atoms with E-state index in [0.29, 0.717) is 11.4 Å². The fraction of sp³-hybridized carbons (Fsp3) is 0.0769. The van der Waals surface area contributed by atoms with E-state index < -0.39 is 11.6 Å². The van der Waals surface area contributed by atoms with Crippen molar-refractivity contribution < 1.29 is 8.78 Å². The number of benzene rings is 2. The van der Waals surface area contributed by atoms with Gasteiger partial charge in [0.05, 0.1) is 5.69 Å².